The van der Waals surface area contributed by atoms with Crippen molar-refractivity contribution in [1.82, 2.24) is 4.90 Å². The number of piperidine rings is 1. The van der Waals surface area contributed by atoms with Crippen LogP contribution in [0.15, 0.2) is 0 Å². The van der Waals surface area contributed by atoms with E-state index in [0.29, 0.717) is 0 Å². The first-order valence-corrected chi connectivity index (χ1v) is 4.67. The van der Waals surface area contributed by atoms with Crippen LogP contribution in [0.5, 0.6) is 0 Å². The molecule has 1 heterocycles. The molecule has 1 fully saturated rings. The molecule has 88 valence electrons. The van der Waals surface area contributed by atoms with Crippen molar-refractivity contribution in [2.24, 2.45) is 5.41 Å². The topological polar surface area (TPSA) is 40.5 Å². The average Bonchev–Trinajstić information content (AvgIpc) is 2.07. The molecule has 1 rings (SSSR count). The van der Waals surface area contributed by atoms with Crippen molar-refractivity contribution in [2.75, 3.05) is 13.6 Å². The maximum atomic E-state index is 12.6. The minimum absolute atomic E-state index is 0.160. The Morgan fingerprint density at radius 3 is 2.47 bits per heavy atom. The molecule has 6 heteroatoms. The summed E-state index contributed by atoms with van der Waals surface area (Å²) in [5.41, 5.74) is -1.26. The Morgan fingerprint density at radius 2 is 2.07 bits per heavy atom. The molecule has 2 unspecified atom stereocenters. The molecular weight excluding hydrogens is 211 g/mol. The molecule has 3 nitrogen and oxygen atoms in total. The van der Waals surface area contributed by atoms with E-state index >= 15 is 0 Å². The van der Waals surface area contributed by atoms with E-state index in [-0.39, 0.29) is 19.4 Å². The molecule has 15 heavy (non-hydrogen) atoms. The number of likely N-dealkylation sites (tertiary alicyclic amines) is 1. The lowest BCUT2D eigenvalue weighted by atomic mass is 9.77. The maximum absolute atomic E-state index is 12.6. The zero-order chi connectivity index (χ0) is 11.9. The van der Waals surface area contributed by atoms with Gasteiger partial charge < -0.3 is 5.11 Å². The Labute approximate surface area is 85.9 Å². The maximum Gasteiger partial charge on any atom is 0.404 e. The molecular formula is C9H14F3NO2. The molecule has 0 saturated carbocycles. The number of carbonyl (C=O) groups is 1. The first-order chi connectivity index (χ1) is 6.67. The number of rotatable bonds is 1. The normalized spacial score (nSPS) is 34.1. The van der Waals surface area contributed by atoms with Crippen LogP contribution in [-0.2, 0) is 4.79 Å². The minimum Gasteiger partial charge on any atom is -0.481 e. The van der Waals surface area contributed by atoms with Crippen molar-refractivity contribution in [3.05, 3.63) is 0 Å². The van der Waals surface area contributed by atoms with E-state index in [0.717, 1.165) is 0 Å². The van der Waals surface area contributed by atoms with E-state index in [4.69, 9.17) is 5.11 Å². The number of hydrogen-bond acceptors (Lipinski definition) is 2. The largest absolute Gasteiger partial charge is 0.481 e. The third-order valence-corrected chi connectivity index (χ3v) is 3.09. The highest BCUT2D eigenvalue weighted by molar-refractivity contribution is 5.74. The van der Waals surface area contributed by atoms with Crippen LogP contribution < -0.4 is 0 Å². The van der Waals surface area contributed by atoms with Gasteiger partial charge in [-0.2, -0.15) is 13.2 Å². The first-order valence-electron chi connectivity index (χ1n) is 4.67. The molecule has 1 N–H and O–H groups in total. The lowest BCUT2D eigenvalue weighted by molar-refractivity contribution is -0.201. The molecule has 1 aliphatic rings. The second-order valence-electron chi connectivity index (χ2n) is 4.36. The third-order valence-electron chi connectivity index (χ3n) is 3.09. The number of carboxylic acids is 1. The average molecular weight is 225 g/mol. The number of alkyl halides is 3. The van der Waals surface area contributed by atoms with Crippen molar-refractivity contribution in [3.63, 3.8) is 0 Å². The van der Waals surface area contributed by atoms with E-state index < -0.39 is 23.6 Å². The summed E-state index contributed by atoms with van der Waals surface area (Å²) in [7, 11) is 1.37. The second-order valence-corrected chi connectivity index (χ2v) is 4.36. The molecule has 0 bridgehead atoms. The number of halogens is 3. The summed E-state index contributed by atoms with van der Waals surface area (Å²) >= 11 is 0. The van der Waals surface area contributed by atoms with E-state index in [9.17, 15) is 18.0 Å². The van der Waals surface area contributed by atoms with Crippen LogP contribution in [0.1, 0.15) is 19.8 Å². The lowest BCUT2D eigenvalue weighted by Gasteiger charge is -2.41. The van der Waals surface area contributed by atoms with Gasteiger partial charge in [-0.25, -0.2) is 0 Å². The fraction of sp³-hybridized carbons (Fsp3) is 0.889. The predicted molar refractivity (Wildman–Crippen MR) is 47.4 cm³/mol. The van der Waals surface area contributed by atoms with E-state index in [1.54, 1.807) is 0 Å². The van der Waals surface area contributed by atoms with Gasteiger partial charge in [0.2, 0.25) is 0 Å². The zero-order valence-corrected chi connectivity index (χ0v) is 8.64. The summed E-state index contributed by atoms with van der Waals surface area (Å²) in [5.74, 6) is -1.15. The molecule has 0 spiro atoms. The van der Waals surface area contributed by atoms with Gasteiger partial charge in [0.25, 0.3) is 0 Å². The summed E-state index contributed by atoms with van der Waals surface area (Å²) in [4.78, 5) is 12.0. The van der Waals surface area contributed by atoms with Crippen LogP contribution in [0, 0.1) is 5.41 Å². The Kier molecular flexibility index (Phi) is 3.00. The SMILES string of the molecule is CN1CCC(C)(C(=O)O)CC1C(F)(F)F. The molecule has 0 aromatic heterocycles. The smallest absolute Gasteiger partial charge is 0.404 e. The highest BCUT2D eigenvalue weighted by atomic mass is 19.4. The quantitative estimate of drug-likeness (QED) is 0.738. The van der Waals surface area contributed by atoms with Crippen molar-refractivity contribution >= 4 is 5.97 Å². The minimum atomic E-state index is -4.36. The van der Waals surface area contributed by atoms with Gasteiger partial charge in [-0.1, -0.05) is 0 Å². The van der Waals surface area contributed by atoms with Gasteiger partial charge in [0.05, 0.1) is 5.41 Å². The van der Waals surface area contributed by atoms with Gasteiger partial charge in [0.15, 0.2) is 0 Å². The fourth-order valence-corrected chi connectivity index (χ4v) is 1.82. The van der Waals surface area contributed by atoms with E-state index in [1.165, 1.54) is 18.9 Å². The Hall–Kier alpha value is -0.780. The highest BCUT2D eigenvalue weighted by Gasteiger charge is 2.51. The molecule has 0 aromatic rings. The van der Waals surface area contributed by atoms with Crippen LogP contribution in [-0.4, -0.2) is 41.8 Å². The first kappa shape index (κ1) is 12.3. The lowest BCUT2D eigenvalue weighted by Crippen LogP contribution is -2.53. The molecule has 0 amide bonds. The summed E-state index contributed by atoms with van der Waals surface area (Å²) < 4.78 is 37.7. The zero-order valence-electron chi connectivity index (χ0n) is 8.64. The Balaban J connectivity index is 2.86. The number of hydrogen-bond donors (Lipinski definition) is 1. The van der Waals surface area contributed by atoms with Gasteiger partial charge in [-0.05, 0) is 33.4 Å². The Bertz CT molecular complexity index is 267. The van der Waals surface area contributed by atoms with Crippen LogP contribution in [0.2, 0.25) is 0 Å². The third kappa shape index (κ3) is 2.42. The summed E-state index contributed by atoms with van der Waals surface area (Å²) in [6.07, 6.45) is -4.47. The molecule has 0 aromatic carbocycles. The highest BCUT2D eigenvalue weighted by Crippen LogP contribution is 2.40. The summed E-state index contributed by atoms with van der Waals surface area (Å²) in [6.45, 7) is 1.54. The predicted octanol–water partition coefficient (Wildman–Crippen LogP) is 1.73. The van der Waals surface area contributed by atoms with Crippen LogP contribution >= 0.6 is 0 Å². The monoisotopic (exact) mass is 225 g/mol. The van der Waals surface area contributed by atoms with Crippen molar-refractivity contribution in [1.29, 1.82) is 0 Å². The fourth-order valence-electron chi connectivity index (χ4n) is 1.82. The van der Waals surface area contributed by atoms with Gasteiger partial charge >= 0.3 is 12.1 Å². The van der Waals surface area contributed by atoms with Crippen molar-refractivity contribution in [2.45, 2.75) is 32.0 Å². The van der Waals surface area contributed by atoms with Crippen LogP contribution in [0.4, 0.5) is 13.2 Å². The van der Waals surface area contributed by atoms with Gasteiger partial charge in [0, 0.05) is 0 Å². The number of aliphatic carboxylic acids is 1. The molecule has 2 atom stereocenters. The molecule has 1 aliphatic heterocycles. The Morgan fingerprint density at radius 1 is 1.53 bits per heavy atom. The van der Waals surface area contributed by atoms with Gasteiger partial charge in [-0.3, -0.25) is 9.69 Å². The second kappa shape index (κ2) is 3.66. The molecule has 0 aliphatic carbocycles. The summed E-state index contributed by atoms with van der Waals surface area (Å²) in [5, 5.41) is 8.88. The van der Waals surface area contributed by atoms with Gasteiger partial charge in [-0.15, -0.1) is 0 Å². The van der Waals surface area contributed by atoms with Crippen LogP contribution in [0.25, 0.3) is 0 Å². The standard InChI is InChI=1S/C9H14F3NO2/c1-8(7(14)15)3-4-13(2)6(5-8)9(10,11)12/h6H,3-5H2,1-2H3,(H,14,15). The molecule has 1 saturated heterocycles. The van der Waals surface area contributed by atoms with E-state index in [2.05, 4.69) is 0 Å². The molecule has 0 radical (unpaired) electrons. The van der Waals surface area contributed by atoms with Crippen molar-refractivity contribution < 1.29 is 23.1 Å². The van der Waals surface area contributed by atoms with E-state index in [1.807, 2.05) is 0 Å². The van der Waals surface area contributed by atoms with Crippen molar-refractivity contribution in [3.8, 4) is 0 Å². The number of nitrogens with zero attached hydrogens (tertiary/aromatic N) is 1. The van der Waals surface area contributed by atoms with Crippen LogP contribution in [0.3, 0.4) is 0 Å². The summed E-state index contributed by atoms with van der Waals surface area (Å²) in [6, 6.07) is -1.65. The van der Waals surface area contributed by atoms with Gasteiger partial charge in [0.1, 0.15) is 6.04 Å². The number of carboxylic acid groups (broad SMARTS) is 1.